The molecule has 2 aromatic carbocycles. The van der Waals surface area contributed by atoms with Crippen molar-refractivity contribution >= 4 is 43.5 Å². The Kier molecular flexibility index (Phi) is 4.93. The van der Waals surface area contributed by atoms with Gasteiger partial charge < -0.3 is 4.74 Å². The zero-order valence-corrected chi connectivity index (χ0v) is 14.5. The Morgan fingerprint density at radius 1 is 1.11 bits per heavy atom. The van der Waals surface area contributed by atoms with E-state index >= 15 is 0 Å². The van der Waals surface area contributed by atoms with Gasteiger partial charge in [0, 0.05) is 15.1 Å². The minimum atomic E-state index is 0.00273. The SMILES string of the molecule is COc1ccc(C)cc1C(Br)c1ccc(Br)cc1Cl. The van der Waals surface area contributed by atoms with Crippen molar-refractivity contribution in [1.29, 1.82) is 0 Å². The molecule has 0 radical (unpaired) electrons. The summed E-state index contributed by atoms with van der Waals surface area (Å²) >= 11 is 13.4. The summed E-state index contributed by atoms with van der Waals surface area (Å²) in [5.74, 6) is 0.853. The van der Waals surface area contributed by atoms with Gasteiger partial charge in [-0.15, -0.1) is 0 Å². The van der Waals surface area contributed by atoms with E-state index in [9.17, 15) is 0 Å². The zero-order chi connectivity index (χ0) is 14.0. The summed E-state index contributed by atoms with van der Waals surface area (Å²) in [5.41, 5.74) is 3.29. The van der Waals surface area contributed by atoms with Crippen LogP contribution >= 0.6 is 43.5 Å². The lowest BCUT2D eigenvalue weighted by molar-refractivity contribution is 0.410. The molecule has 100 valence electrons. The third kappa shape index (κ3) is 3.33. The minimum absolute atomic E-state index is 0.00273. The number of rotatable bonds is 3. The molecule has 1 nitrogen and oxygen atoms in total. The average molecular weight is 405 g/mol. The number of benzene rings is 2. The van der Waals surface area contributed by atoms with Crippen molar-refractivity contribution in [2.45, 2.75) is 11.8 Å². The molecular formula is C15H13Br2ClO. The molecule has 0 heterocycles. The van der Waals surface area contributed by atoms with E-state index in [1.54, 1.807) is 7.11 Å². The van der Waals surface area contributed by atoms with E-state index < -0.39 is 0 Å². The fourth-order valence-corrected chi connectivity index (χ4v) is 3.60. The van der Waals surface area contributed by atoms with Gasteiger partial charge in [0.25, 0.3) is 0 Å². The predicted octanol–water partition coefficient (Wildman–Crippen LogP) is 5.90. The summed E-state index contributed by atoms with van der Waals surface area (Å²) in [7, 11) is 1.68. The van der Waals surface area contributed by atoms with E-state index in [4.69, 9.17) is 16.3 Å². The molecule has 4 heteroatoms. The van der Waals surface area contributed by atoms with Gasteiger partial charge in [0.1, 0.15) is 5.75 Å². The molecule has 0 aromatic heterocycles. The molecule has 0 aliphatic heterocycles. The van der Waals surface area contributed by atoms with E-state index in [2.05, 4.69) is 44.8 Å². The van der Waals surface area contributed by atoms with Crippen LogP contribution in [-0.2, 0) is 0 Å². The topological polar surface area (TPSA) is 9.23 Å². The Morgan fingerprint density at radius 2 is 1.84 bits per heavy atom. The first-order chi connectivity index (χ1) is 9.02. The number of halogens is 3. The quantitative estimate of drug-likeness (QED) is 0.579. The predicted molar refractivity (Wildman–Crippen MR) is 87.7 cm³/mol. The Bertz CT molecular complexity index is 599. The molecular weight excluding hydrogens is 391 g/mol. The first-order valence-corrected chi connectivity index (χ1v) is 7.85. The molecule has 1 unspecified atom stereocenters. The Balaban J connectivity index is 2.49. The van der Waals surface area contributed by atoms with Crippen LogP contribution in [0.25, 0.3) is 0 Å². The van der Waals surface area contributed by atoms with Crippen molar-refractivity contribution in [1.82, 2.24) is 0 Å². The highest BCUT2D eigenvalue weighted by Crippen LogP contribution is 2.40. The highest BCUT2D eigenvalue weighted by atomic mass is 79.9. The Morgan fingerprint density at radius 3 is 2.47 bits per heavy atom. The molecule has 1 atom stereocenters. The Hall–Kier alpha value is -0.510. The lowest BCUT2D eigenvalue weighted by Crippen LogP contribution is -1.98. The first kappa shape index (κ1) is 14.9. The van der Waals surface area contributed by atoms with Gasteiger partial charge in [-0.05, 0) is 30.7 Å². The second kappa shape index (κ2) is 6.29. The summed E-state index contributed by atoms with van der Waals surface area (Å²) in [6.45, 7) is 2.06. The monoisotopic (exact) mass is 402 g/mol. The van der Waals surface area contributed by atoms with Gasteiger partial charge in [-0.3, -0.25) is 0 Å². The number of methoxy groups -OCH3 is 1. The van der Waals surface area contributed by atoms with E-state index in [1.165, 1.54) is 5.56 Å². The largest absolute Gasteiger partial charge is 0.496 e. The molecule has 2 aromatic rings. The van der Waals surface area contributed by atoms with Crippen LogP contribution < -0.4 is 4.74 Å². The van der Waals surface area contributed by atoms with Gasteiger partial charge in [-0.25, -0.2) is 0 Å². The van der Waals surface area contributed by atoms with Crippen LogP contribution in [-0.4, -0.2) is 7.11 Å². The highest BCUT2D eigenvalue weighted by molar-refractivity contribution is 9.10. The summed E-state index contributed by atoms with van der Waals surface area (Å²) < 4.78 is 6.39. The number of hydrogen-bond acceptors (Lipinski definition) is 1. The molecule has 0 aliphatic rings. The normalized spacial score (nSPS) is 12.3. The van der Waals surface area contributed by atoms with Gasteiger partial charge in [-0.1, -0.05) is 67.2 Å². The van der Waals surface area contributed by atoms with Crippen molar-refractivity contribution in [3.63, 3.8) is 0 Å². The molecule has 2 rings (SSSR count). The van der Waals surface area contributed by atoms with E-state index in [1.807, 2.05) is 30.3 Å². The maximum atomic E-state index is 6.31. The number of ether oxygens (including phenoxy) is 1. The van der Waals surface area contributed by atoms with Gasteiger partial charge in [0.05, 0.1) is 11.9 Å². The molecule has 0 bridgehead atoms. The van der Waals surface area contributed by atoms with Crippen LogP contribution in [0.5, 0.6) is 5.75 Å². The van der Waals surface area contributed by atoms with Crippen molar-refractivity contribution in [2.75, 3.05) is 7.11 Å². The third-order valence-corrected chi connectivity index (χ3v) is 4.70. The Labute approximate surface area is 135 Å². The van der Waals surface area contributed by atoms with E-state index in [-0.39, 0.29) is 4.83 Å². The fourth-order valence-electron chi connectivity index (χ4n) is 1.93. The van der Waals surface area contributed by atoms with Crippen LogP contribution in [0.2, 0.25) is 5.02 Å². The highest BCUT2D eigenvalue weighted by Gasteiger charge is 2.18. The molecule has 0 spiro atoms. The second-order valence-electron chi connectivity index (χ2n) is 4.27. The standard InChI is InChI=1S/C15H13Br2ClO/c1-9-3-6-14(19-2)12(7-9)15(17)11-5-4-10(16)8-13(11)18/h3-8,15H,1-2H3. The average Bonchev–Trinajstić information content (AvgIpc) is 2.38. The molecule has 0 fully saturated rings. The van der Waals surface area contributed by atoms with Crippen LogP contribution in [0.4, 0.5) is 0 Å². The maximum absolute atomic E-state index is 6.31. The van der Waals surface area contributed by atoms with Gasteiger partial charge in [-0.2, -0.15) is 0 Å². The number of hydrogen-bond donors (Lipinski definition) is 0. The number of alkyl halides is 1. The summed E-state index contributed by atoms with van der Waals surface area (Å²) in [6.07, 6.45) is 0. The fraction of sp³-hybridized carbons (Fsp3) is 0.200. The molecule has 0 amide bonds. The third-order valence-electron chi connectivity index (χ3n) is 2.89. The minimum Gasteiger partial charge on any atom is -0.496 e. The van der Waals surface area contributed by atoms with Crippen LogP contribution in [0, 0.1) is 6.92 Å². The van der Waals surface area contributed by atoms with E-state index in [0.29, 0.717) is 0 Å². The molecule has 0 saturated heterocycles. The van der Waals surface area contributed by atoms with Gasteiger partial charge in [0.15, 0.2) is 0 Å². The van der Waals surface area contributed by atoms with E-state index in [0.717, 1.165) is 26.4 Å². The first-order valence-electron chi connectivity index (χ1n) is 5.76. The van der Waals surface area contributed by atoms with Crippen LogP contribution in [0.15, 0.2) is 40.9 Å². The maximum Gasteiger partial charge on any atom is 0.123 e. The second-order valence-corrected chi connectivity index (χ2v) is 6.51. The van der Waals surface area contributed by atoms with Crippen molar-refractivity contribution in [3.05, 3.63) is 62.6 Å². The van der Waals surface area contributed by atoms with Gasteiger partial charge in [0.2, 0.25) is 0 Å². The molecule has 0 aliphatic carbocycles. The van der Waals surface area contributed by atoms with Crippen molar-refractivity contribution < 1.29 is 4.74 Å². The summed E-state index contributed by atoms with van der Waals surface area (Å²) in [5, 5.41) is 0.722. The van der Waals surface area contributed by atoms with Crippen molar-refractivity contribution in [2.24, 2.45) is 0 Å². The molecule has 0 saturated carbocycles. The molecule has 19 heavy (non-hydrogen) atoms. The lowest BCUT2D eigenvalue weighted by Gasteiger charge is -2.17. The van der Waals surface area contributed by atoms with Gasteiger partial charge >= 0.3 is 0 Å². The lowest BCUT2D eigenvalue weighted by atomic mass is 10.0. The molecule has 0 N–H and O–H groups in total. The summed E-state index contributed by atoms with van der Waals surface area (Å²) in [6, 6.07) is 12.0. The zero-order valence-electron chi connectivity index (χ0n) is 10.6. The summed E-state index contributed by atoms with van der Waals surface area (Å²) in [4.78, 5) is 0.00273. The van der Waals surface area contributed by atoms with Crippen LogP contribution in [0.1, 0.15) is 21.5 Å². The smallest absolute Gasteiger partial charge is 0.123 e. The van der Waals surface area contributed by atoms with Crippen molar-refractivity contribution in [3.8, 4) is 5.75 Å². The van der Waals surface area contributed by atoms with Crippen LogP contribution in [0.3, 0.4) is 0 Å². The number of aryl methyl sites for hydroxylation is 1.